The van der Waals surface area contributed by atoms with E-state index >= 15 is 0 Å². The molecular weight excluding hydrogens is 592 g/mol. The fourth-order valence-electron chi connectivity index (χ4n) is 4.78. The number of hydrogen-bond donors (Lipinski definition) is 1. The summed E-state index contributed by atoms with van der Waals surface area (Å²) in [6.45, 7) is 8.16. The summed E-state index contributed by atoms with van der Waals surface area (Å²) < 4.78 is 24.1. The van der Waals surface area contributed by atoms with Crippen LogP contribution >= 0.6 is 0 Å². The number of carbonyl (C=O) groups excluding carboxylic acids is 2. The standard InChI is InChI=1S/C39H52N2O6/c1-4-7-10-16-25-44-35-28-33(29-36(45-26-17-11-8-5-2)37(35)46-27-18-12-9-6-3)38(42)41-40-30-31-21-23-34(24-22-31)47-39(43)32-19-14-13-15-20-32/h13-15,19-24,28-30H,4-12,16-18,25-27H2,1-3H3,(H,41,42)/b40-30+. The minimum atomic E-state index is -0.430. The highest BCUT2D eigenvalue weighted by Gasteiger charge is 2.19. The molecule has 1 amide bonds. The van der Waals surface area contributed by atoms with E-state index in [-0.39, 0.29) is 0 Å². The minimum absolute atomic E-state index is 0.371. The van der Waals surface area contributed by atoms with Crippen molar-refractivity contribution in [2.75, 3.05) is 19.8 Å². The molecule has 0 aliphatic rings. The van der Waals surface area contributed by atoms with Gasteiger partial charge in [-0.1, -0.05) is 96.8 Å². The van der Waals surface area contributed by atoms with Gasteiger partial charge in [0.2, 0.25) is 5.75 Å². The Morgan fingerprint density at radius 2 is 1.17 bits per heavy atom. The van der Waals surface area contributed by atoms with Crippen molar-refractivity contribution < 1.29 is 28.5 Å². The first-order chi connectivity index (χ1) is 23.0. The maximum absolute atomic E-state index is 13.3. The van der Waals surface area contributed by atoms with Gasteiger partial charge in [0.05, 0.1) is 31.6 Å². The van der Waals surface area contributed by atoms with Gasteiger partial charge < -0.3 is 18.9 Å². The second-order valence-electron chi connectivity index (χ2n) is 11.6. The fraction of sp³-hybridized carbons (Fsp3) is 0.462. The quantitative estimate of drug-likeness (QED) is 0.0363. The van der Waals surface area contributed by atoms with Crippen LogP contribution in [0.3, 0.4) is 0 Å². The molecule has 0 radical (unpaired) electrons. The molecule has 3 aromatic rings. The van der Waals surface area contributed by atoms with Crippen molar-refractivity contribution in [3.05, 3.63) is 83.4 Å². The molecule has 0 fully saturated rings. The highest BCUT2D eigenvalue weighted by Crippen LogP contribution is 2.39. The van der Waals surface area contributed by atoms with E-state index in [1.54, 1.807) is 60.7 Å². The molecule has 0 spiro atoms. The summed E-state index contributed by atoms with van der Waals surface area (Å²) in [6.07, 6.45) is 14.5. The first-order valence-corrected chi connectivity index (χ1v) is 17.3. The molecule has 0 aliphatic heterocycles. The number of hydrogen-bond acceptors (Lipinski definition) is 7. The fourth-order valence-corrected chi connectivity index (χ4v) is 4.78. The van der Waals surface area contributed by atoms with Gasteiger partial charge in [-0.15, -0.1) is 0 Å². The van der Waals surface area contributed by atoms with Gasteiger partial charge in [-0.25, -0.2) is 10.2 Å². The summed E-state index contributed by atoms with van der Waals surface area (Å²) in [4.78, 5) is 25.6. The van der Waals surface area contributed by atoms with Crippen LogP contribution in [0, 0.1) is 0 Å². The zero-order valence-electron chi connectivity index (χ0n) is 28.4. The first-order valence-electron chi connectivity index (χ1n) is 17.3. The van der Waals surface area contributed by atoms with Crippen molar-refractivity contribution >= 4 is 18.1 Å². The average Bonchev–Trinajstić information content (AvgIpc) is 3.09. The predicted octanol–water partition coefficient (Wildman–Crippen LogP) is 9.55. The molecule has 0 bridgehead atoms. The minimum Gasteiger partial charge on any atom is -0.490 e. The topological polar surface area (TPSA) is 95.5 Å². The largest absolute Gasteiger partial charge is 0.490 e. The molecular formula is C39H52N2O6. The second-order valence-corrected chi connectivity index (χ2v) is 11.6. The molecule has 0 aromatic heterocycles. The van der Waals surface area contributed by atoms with E-state index in [2.05, 4.69) is 31.3 Å². The molecule has 254 valence electrons. The Labute approximate surface area is 280 Å². The summed E-state index contributed by atoms with van der Waals surface area (Å²) in [5.74, 6) is 1.17. The van der Waals surface area contributed by atoms with E-state index in [0.29, 0.717) is 53.9 Å². The number of amides is 1. The lowest BCUT2D eigenvalue weighted by atomic mass is 10.1. The van der Waals surface area contributed by atoms with E-state index in [9.17, 15) is 9.59 Å². The summed E-state index contributed by atoms with van der Waals surface area (Å²) in [6, 6.07) is 19.1. The van der Waals surface area contributed by atoms with E-state index in [4.69, 9.17) is 18.9 Å². The van der Waals surface area contributed by atoms with Gasteiger partial charge in [-0.2, -0.15) is 5.10 Å². The number of benzene rings is 3. The highest BCUT2D eigenvalue weighted by atomic mass is 16.5. The Hall–Kier alpha value is -4.33. The van der Waals surface area contributed by atoms with Crippen LogP contribution in [0.15, 0.2) is 71.8 Å². The molecule has 47 heavy (non-hydrogen) atoms. The van der Waals surface area contributed by atoms with Crippen LogP contribution in [0.5, 0.6) is 23.0 Å². The van der Waals surface area contributed by atoms with Gasteiger partial charge in [0.1, 0.15) is 5.75 Å². The molecule has 0 heterocycles. The van der Waals surface area contributed by atoms with Gasteiger partial charge in [0.25, 0.3) is 5.91 Å². The highest BCUT2D eigenvalue weighted by molar-refractivity contribution is 5.96. The predicted molar refractivity (Wildman–Crippen MR) is 188 cm³/mol. The molecule has 0 saturated heterocycles. The third-order valence-electron chi connectivity index (χ3n) is 7.52. The molecule has 0 unspecified atom stereocenters. The summed E-state index contributed by atoms with van der Waals surface area (Å²) in [5, 5.41) is 4.16. The molecule has 0 saturated carbocycles. The van der Waals surface area contributed by atoms with E-state index in [1.165, 1.54) is 6.21 Å². The van der Waals surface area contributed by atoms with Gasteiger partial charge in [-0.05, 0) is 73.4 Å². The number of ether oxygens (including phenoxy) is 4. The Bertz CT molecular complexity index is 1320. The number of unbranched alkanes of at least 4 members (excludes halogenated alkanes) is 9. The SMILES string of the molecule is CCCCCCOc1cc(C(=O)N/N=C/c2ccc(OC(=O)c3ccccc3)cc2)cc(OCCCCCC)c1OCCCCCC. The van der Waals surface area contributed by atoms with Gasteiger partial charge in [-0.3, -0.25) is 4.79 Å². The lowest BCUT2D eigenvalue weighted by Crippen LogP contribution is -2.18. The van der Waals surface area contributed by atoms with Crippen molar-refractivity contribution in [1.29, 1.82) is 0 Å². The number of nitrogens with one attached hydrogen (secondary N) is 1. The van der Waals surface area contributed by atoms with Crippen molar-refractivity contribution in [2.24, 2.45) is 5.10 Å². The van der Waals surface area contributed by atoms with Crippen molar-refractivity contribution in [3.63, 3.8) is 0 Å². The van der Waals surface area contributed by atoms with Crippen LogP contribution in [0.2, 0.25) is 0 Å². The van der Waals surface area contributed by atoms with Gasteiger partial charge in [0.15, 0.2) is 11.5 Å². The third-order valence-corrected chi connectivity index (χ3v) is 7.52. The normalized spacial score (nSPS) is 11.0. The maximum Gasteiger partial charge on any atom is 0.343 e. The zero-order valence-corrected chi connectivity index (χ0v) is 28.4. The molecule has 3 aromatic carbocycles. The van der Waals surface area contributed by atoms with E-state index in [0.717, 1.165) is 82.6 Å². The first kappa shape index (κ1) is 37.1. The Kier molecular flexibility index (Phi) is 17.6. The van der Waals surface area contributed by atoms with Crippen LogP contribution in [-0.4, -0.2) is 37.9 Å². The second kappa shape index (κ2) is 22.2. The van der Waals surface area contributed by atoms with Crippen molar-refractivity contribution in [2.45, 2.75) is 97.8 Å². The van der Waals surface area contributed by atoms with Crippen LogP contribution in [0.4, 0.5) is 0 Å². The average molecular weight is 645 g/mol. The molecule has 8 heteroatoms. The lowest BCUT2D eigenvalue weighted by molar-refractivity contribution is 0.0734. The van der Waals surface area contributed by atoms with Gasteiger partial charge >= 0.3 is 5.97 Å². The van der Waals surface area contributed by atoms with Crippen LogP contribution < -0.4 is 24.4 Å². The van der Waals surface area contributed by atoms with Crippen molar-refractivity contribution in [3.8, 4) is 23.0 Å². The van der Waals surface area contributed by atoms with E-state index in [1.807, 2.05) is 6.07 Å². The number of nitrogens with zero attached hydrogens (tertiary/aromatic N) is 1. The Balaban J connectivity index is 1.72. The van der Waals surface area contributed by atoms with Crippen LogP contribution in [0.25, 0.3) is 0 Å². The number of carbonyl (C=O) groups is 2. The number of esters is 1. The Morgan fingerprint density at radius 3 is 1.70 bits per heavy atom. The lowest BCUT2D eigenvalue weighted by Gasteiger charge is -2.18. The maximum atomic E-state index is 13.3. The molecule has 0 aliphatic carbocycles. The summed E-state index contributed by atoms with van der Waals surface area (Å²) in [5.41, 5.74) is 4.19. The third kappa shape index (κ3) is 13.9. The van der Waals surface area contributed by atoms with Crippen LogP contribution in [-0.2, 0) is 0 Å². The summed E-state index contributed by atoms with van der Waals surface area (Å²) in [7, 11) is 0. The van der Waals surface area contributed by atoms with Gasteiger partial charge in [0, 0.05) is 5.56 Å². The smallest absolute Gasteiger partial charge is 0.343 e. The molecule has 3 rings (SSSR count). The summed E-state index contributed by atoms with van der Waals surface area (Å²) >= 11 is 0. The monoisotopic (exact) mass is 644 g/mol. The zero-order chi connectivity index (χ0) is 33.5. The van der Waals surface area contributed by atoms with E-state index < -0.39 is 11.9 Å². The number of rotatable bonds is 23. The van der Waals surface area contributed by atoms with Crippen molar-refractivity contribution in [1.82, 2.24) is 5.43 Å². The van der Waals surface area contributed by atoms with Crippen LogP contribution in [0.1, 0.15) is 124 Å². The molecule has 0 atom stereocenters. The molecule has 1 N–H and O–H groups in total. The number of hydrazone groups is 1. The molecule has 8 nitrogen and oxygen atoms in total. The Morgan fingerprint density at radius 1 is 0.638 bits per heavy atom.